The third-order valence-corrected chi connectivity index (χ3v) is 4.00. The van der Waals surface area contributed by atoms with Crippen LogP contribution >= 0.6 is 0 Å². The minimum atomic E-state index is 0.104. The van der Waals surface area contributed by atoms with Crippen molar-refractivity contribution in [3.8, 4) is 5.88 Å². The number of pyridine rings is 1. The van der Waals surface area contributed by atoms with Crippen molar-refractivity contribution in [3.05, 3.63) is 23.9 Å². The van der Waals surface area contributed by atoms with Crippen LogP contribution in [0.4, 0.5) is 0 Å². The highest BCUT2D eigenvalue weighted by Crippen LogP contribution is 2.30. The molecule has 21 heavy (non-hydrogen) atoms. The maximum absolute atomic E-state index is 6.13. The Hall–Kier alpha value is -1.09. The van der Waals surface area contributed by atoms with Crippen molar-refractivity contribution in [2.75, 3.05) is 0 Å². The summed E-state index contributed by atoms with van der Waals surface area (Å²) in [6.07, 6.45) is 3.94. The minimum Gasteiger partial charge on any atom is -0.474 e. The van der Waals surface area contributed by atoms with E-state index >= 15 is 0 Å². The van der Waals surface area contributed by atoms with Crippen LogP contribution in [0, 0.1) is 11.8 Å². The van der Waals surface area contributed by atoms with Gasteiger partial charge in [0.1, 0.15) is 6.10 Å². The van der Waals surface area contributed by atoms with Gasteiger partial charge < -0.3 is 10.1 Å². The van der Waals surface area contributed by atoms with Gasteiger partial charge in [-0.25, -0.2) is 4.98 Å². The highest BCUT2D eigenvalue weighted by atomic mass is 16.5. The fourth-order valence-electron chi connectivity index (χ4n) is 3.12. The second kappa shape index (κ2) is 6.78. The number of aromatic nitrogens is 1. The van der Waals surface area contributed by atoms with Crippen molar-refractivity contribution in [2.45, 2.75) is 72.1 Å². The quantitative estimate of drug-likeness (QED) is 0.903. The smallest absolute Gasteiger partial charge is 0.213 e. The molecule has 0 bridgehead atoms. The number of hydrogen-bond acceptors (Lipinski definition) is 3. The Morgan fingerprint density at radius 3 is 2.43 bits per heavy atom. The zero-order valence-corrected chi connectivity index (χ0v) is 14.1. The first-order valence-corrected chi connectivity index (χ1v) is 8.19. The first kappa shape index (κ1) is 16.3. The van der Waals surface area contributed by atoms with Crippen LogP contribution in [-0.4, -0.2) is 16.6 Å². The number of rotatable bonds is 4. The van der Waals surface area contributed by atoms with E-state index in [1.54, 1.807) is 0 Å². The standard InChI is InChI=1S/C18H30N2O/c1-13-9-14(2)11-16(10-13)21-17-8-6-7-15(20-17)12-19-18(3,4)5/h6-8,13-14,16,19H,9-12H2,1-5H3. The molecule has 1 aromatic rings. The Morgan fingerprint density at radius 1 is 1.14 bits per heavy atom. The molecule has 1 aliphatic carbocycles. The van der Waals surface area contributed by atoms with Crippen molar-refractivity contribution in [2.24, 2.45) is 11.8 Å². The van der Waals surface area contributed by atoms with Crippen molar-refractivity contribution in [3.63, 3.8) is 0 Å². The highest BCUT2D eigenvalue weighted by Gasteiger charge is 2.25. The van der Waals surface area contributed by atoms with E-state index in [0.717, 1.165) is 42.8 Å². The molecular weight excluding hydrogens is 260 g/mol. The van der Waals surface area contributed by atoms with Gasteiger partial charge in [-0.15, -0.1) is 0 Å². The second-order valence-corrected chi connectivity index (χ2v) is 7.73. The summed E-state index contributed by atoms with van der Waals surface area (Å²) < 4.78 is 6.13. The fraction of sp³-hybridized carbons (Fsp3) is 0.722. The summed E-state index contributed by atoms with van der Waals surface area (Å²) >= 11 is 0. The molecule has 1 heterocycles. The van der Waals surface area contributed by atoms with Gasteiger partial charge in [0, 0.05) is 18.2 Å². The Morgan fingerprint density at radius 2 is 1.81 bits per heavy atom. The third kappa shape index (κ3) is 5.66. The lowest BCUT2D eigenvalue weighted by atomic mass is 9.82. The summed E-state index contributed by atoms with van der Waals surface area (Å²) in [6, 6.07) is 6.07. The molecule has 2 atom stereocenters. The van der Waals surface area contributed by atoms with Crippen LogP contribution in [-0.2, 0) is 6.54 Å². The zero-order valence-electron chi connectivity index (χ0n) is 14.1. The molecule has 0 amide bonds. The highest BCUT2D eigenvalue weighted by molar-refractivity contribution is 5.16. The molecule has 2 unspecified atom stereocenters. The summed E-state index contributed by atoms with van der Waals surface area (Å²) in [5, 5.41) is 3.47. The molecule has 1 saturated carbocycles. The molecule has 0 aliphatic heterocycles. The molecule has 118 valence electrons. The van der Waals surface area contributed by atoms with Crippen molar-refractivity contribution < 1.29 is 4.74 Å². The topological polar surface area (TPSA) is 34.1 Å². The summed E-state index contributed by atoms with van der Waals surface area (Å²) in [4.78, 5) is 4.64. The van der Waals surface area contributed by atoms with Crippen LogP contribution in [0.2, 0.25) is 0 Å². The number of nitrogens with zero attached hydrogens (tertiary/aromatic N) is 1. The summed E-state index contributed by atoms with van der Waals surface area (Å²) in [6.45, 7) is 11.9. The first-order chi connectivity index (χ1) is 9.82. The van der Waals surface area contributed by atoms with Crippen LogP contribution in [0.5, 0.6) is 5.88 Å². The van der Waals surface area contributed by atoms with E-state index in [1.807, 2.05) is 12.1 Å². The predicted molar refractivity (Wildman–Crippen MR) is 87.4 cm³/mol. The van der Waals surface area contributed by atoms with E-state index in [9.17, 15) is 0 Å². The van der Waals surface area contributed by atoms with Crippen LogP contribution in [0.15, 0.2) is 18.2 Å². The Labute approximate surface area is 129 Å². The van der Waals surface area contributed by atoms with Crippen molar-refractivity contribution >= 4 is 0 Å². The molecule has 1 N–H and O–H groups in total. The molecule has 2 rings (SSSR count). The monoisotopic (exact) mass is 290 g/mol. The van der Waals surface area contributed by atoms with Crippen LogP contribution < -0.4 is 10.1 Å². The fourth-order valence-corrected chi connectivity index (χ4v) is 3.12. The molecule has 1 aromatic heterocycles. The summed E-state index contributed by atoms with van der Waals surface area (Å²) in [5.41, 5.74) is 1.14. The maximum atomic E-state index is 6.13. The van der Waals surface area contributed by atoms with Gasteiger partial charge in [-0.3, -0.25) is 0 Å². The molecule has 0 radical (unpaired) electrons. The van der Waals surface area contributed by atoms with Crippen LogP contribution in [0.25, 0.3) is 0 Å². The lowest BCUT2D eigenvalue weighted by Gasteiger charge is -2.31. The van der Waals surface area contributed by atoms with E-state index in [4.69, 9.17) is 4.74 Å². The molecule has 0 saturated heterocycles. The van der Waals surface area contributed by atoms with Crippen molar-refractivity contribution in [1.82, 2.24) is 10.3 Å². The van der Waals surface area contributed by atoms with E-state index in [1.165, 1.54) is 6.42 Å². The zero-order chi connectivity index (χ0) is 15.5. The van der Waals surface area contributed by atoms with Crippen LogP contribution in [0.3, 0.4) is 0 Å². The Kier molecular flexibility index (Phi) is 5.26. The first-order valence-electron chi connectivity index (χ1n) is 8.19. The average molecular weight is 290 g/mol. The van der Waals surface area contributed by atoms with Gasteiger partial charge in [0.2, 0.25) is 5.88 Å². The average Bonchev–Trinajstić information content (AvgIpc) is 2.35. The summed E-state index contributed by atoms with van der Waals surface area (Å²) in [7, 11) is 0. The van der Waals surface area contributed by atoms with Crippen LogP contribution in [0.1, 0.15) is 59.6 Å². The molecule has 1 aliphatic rings. The SMILES string of the molecule is CC1CC(C)CC(Oc2cccc(CNC(C)(C)C)n2)C1. The Bertz CT molecular complexity index is 443. The lowest BCUT2D eigenvalue weighted by molar-refractivity contribution is 0.0964. The maximum Gasteiger partial charge on any atom is 0.213 e. The van der Waals surface area contributed by atoms with Gasteiger partial charge in [-0.2, -0.15) is 0 Å². The lowest BCUT2D eigenvalue weighted by Crippen LogP contribution is -2.35. The van der Waals surface area contributed by atoms with E-state index in [2.05, 4.69) is 51.0 Å². The summed E-state index contributed by atoms with van der Waals surface area (Å²) in [5.74, 6) is 2.28. The van der Waals surface area contributed by atoms with E-state index in [-0.39, 0.29) is 5.54 Å². The largest absolute Gasteiger partial charge is 0.474 e. The van der Waals surface area contributed by atoms with Gasteiger partial charge in [0.05, 0.1) is 5.69 Å². The second-order valence-electron chi connectivity index (χ2n) is 7.73. The Balaban J connectivity index is 1.94. The van der Waals surface area contributed by atoms with E-state index in [0.29, 0.717) is 6.10 Å². The normalized spacial score (nSPS) is 26.6. The molecule has 0 aromatic carbocycles. The number of hydrogen-bond donors (Lipinski definition) is 1. The van der Waals surface area contributed by atoms with Gasteiger partial charge >= 0.3 is 0 Å². The van der Waals surface area contributed by atoms with Gasteiger partial charge in [-0.1, -0.05) is 19.9 Å². The van der Waals surface area contributed by atoms with E-state index < -0.39 is 0 Å². The van der Waals surface area contributed by atoms with Gasteiger partial charge in [-0.05, 0) is 57.9 Å². The number of ether oxygens (including phenoxy) is 1. The van der Waals surface area contributed by atoms with Gasteiger partial charge in [0.15, 0.2) is 0 Å². The molecule has 0 spiro atoms. The van der Waals surface area contributed by atoms with Gasteiger partial charge in [0.25, 0.3) is 0 Å². The number of nitrogens with one attached hydrogen (secondary N) is 1. The molecule has 3 nitrogen and oxygen atoms in total. The minimum absolute atomic E-state index is 0.104. The molecule has 1 fully saturated rings. The van der Waals surface area contributed by atoms with Crippen molar-refractivity contribution in [1.29, 1.82) is 0 Å². The molecular formula is C18H30N2O. The molecule has 3 heteroatoms. The third-order valence-electron chi connectivity index (χ3n) is 4.00. The predicted octanol–water partition coefficient (Wildman–Crippen LogP) is 4.17.